The Hall–Kier alpha value is -1.59. The van der Waals surface area contributed by atoms with Crippen LogP contribution in [0.3, 0.4) is 0 Å². The molecule has 1 heterocycles. The van der Waals surface area contributed by atoms with E-state index in [-0.39, 0.29) is 6.10 Å². The van der Waals surface area contributed by atoms with Crippen molar-refractivity contribution in [2.45, 2.75) is 40.0 Å². The van der Waals surface area contributed by atoms with Crippen molar-refractivity contribution >= 4 is 11.3 Å². The SMILES string of the molecule is COc1cc(CNCc2ncc(C)s2)ccc1OC(C)C. The van der Waals surface area contributed by atoms with E-state index in [4.69, 9.17) is 9.47 Å². The fourth-order valence-electron chi connectivity index (χ4n) is 1.97. The van der Waals surface area contributed by atoms with Crippen LogP contribution in [0.4, 0.5) is 0 Å². The molecule has 0 aliphatic heterocycles. The summed E-state index contributed by atoms with van der Waals surface area (Å²) in [5.74, 6) is 1.56. The molecule has 2 rings (SSSR count). The molecule has 0 bridgehead atoms. The second kappa shape index (κ2) is 7.43. The van der Waals surface area contributed by atoms with Crippen molar-refractivity contribution < 1.29 is 9.47 Å². The summed E-state index contributed by atoms with van der Waals surface area (Å²) < 4.78 is 11.1. The van der Waals surface area contributed by atoms with Gasteiger partial charge in [0.25, 0.3) is 0 Å². The van der Waals surface area contributed by atoms with Gasteiger partial charge in [0, 0.05) is 24.2 Å². The molecule has 2 aromatic rings. The third-order valence-electron chi connectivity index (χ3n) is 2.87. The molecule has 0 atom stereocenters. The number of ether oxygens (including phenoxy) is 2. The minimum Gasteiger partial charge on any atom is -0.493 e. The minimum absolute atomic E-state index is 0.135. The molecule has 114 valence electrons. The summed E-state index contributed by atoms with van der Waals surface area (Å²) >= 11 is 1.72. The molecule has 0 radical (unpaired) electrons. The van der Waals surface area contributed by atoms with E-state index in [1.165, 1.54) is 4.88 Å². The first kappa shape index (κ1) is 15.8. The quantitative estimate of drug-likeness (QED) is 0.850. The molecular weight excluding hydrogens is 284 g/mol. The topological polar surface area (TPSA) is 43.4 Å². The van der Waals surface area contributed by atoms with Crippen LogP contribution in [0.2, 0.25) is 0 Å². The first-order valence-electron chi connectivity index (χ1n) is 7.04. The monoisotopic (exact) mass is 306 g/mol. The first-order chi connectivity index (χ1) is 10.1. The Kier molecular flexibility index (Phi) is 5.59. The molecule has 0 saturated carbocycles. The summed E-state index contributed by atoms with van der Waals surface area (Å²) in [4.78, 5) is 5.58. The number of nitrogens with one attached hydrogen (secondary N) is 1. The number of hydrogen-bond acceptors (Lipinski definition) is 5. The van der Waals surface area contributed by atoms with Gasteiger partial charge in [-0.1, -0.05) is 6.07 Å². The maximum absolute atomic E-state index is 5.71. The third kappa shape index (κ3) is 4.72. The Morgan fingerprint density at radius 2 is 2.05 bits per heavy atom. The van der Waals surface area contributed by atoms with Crippen molar-refractivity contribution in [2.24, 2.45) is 0 Å². The lowest BCUT2D eigenvalue weighted by molar-refractivity contribution is 0.230. The standard InChI is InChI=1S/C16H22N2O2S/c1-11(2)20-14-6-5-13(7-15(14)19-4)9-17-10-16-18-8-12(3)21-16/h5-8,11,17H,9-10H2,1-4H3. The van der Waals surface area contributed by atoms with Crippen molar-refractivity contribution in [3.63, 3.8) is 0 Å². The summed E-state index contributed by atoms with van der Waals surface area (Å²) in [6, 6.07) is 6.03. The van der Waals surface area contributed by atoms with Gasteiger partial charge in [0.2, 0.25) is 0 Å². The predicted octanol–water partition coefficient (Wildman–Crippen LogP) is 3.54. The number of nitrogens with zero attached hydrogens (tertiary/aromatic N) is 1. The number of aromatic nitrogens is 1. The van der Waals surface area contributed by atoms with E-state index in [2.05, 4.69) is 23.3 Å². The molecule has 0 fully saturated rings. The number of thiazole rings is 1. The Labute approximate surface area is 130 Å². The van der Waals surface area contributed by atoms with Crippen LogP contribution in [0, 0.1) is 6.92 Å². The van der Waals surface area contributed by atoms with Gasteiger partial charge in [0.05, 0.1) is 13.2 Å². The zero-order valence-electron chi connectivity index (χ0n) is 13.0. The predicted molar refractivity (Wildman–Crippen MR) is 86.2 cm³/mol. The molecular formula is C16H22N2O2S. The normalized spacial score (nSPS) is 10.9. The van der Waals surface area contributed by atoms with Gasteiger partial charge in [0.15, 0.2) is 11.5 Å². The van der Waals surface area contributed by atoms with Crippen molar-refractivity contribution in [3.8, 4) is 11.5 Å². The zero-order valence-corrected chi connectivity index (χ0v) is 13.8. The van der Waals surface area contributed by atoms with Gasteiger partial charge in [-0.3, -0.25) is 0 Å². The van der Waals surface area contributed by atoms with E-state index in [1.54, 1.807) is 18.4 Å². The van der Waals surface area contributed by atoms with Gasteiger partial charge in [-0.2, -0.15) is 0 Å². The molecule has 1 N–H and O–H groups in total. The Bertz CT molecular complexity index is 581. The number of methoxy groups -OCH3 is 1. The number of hydrogen-bond donors (Lipinski definition) is 1. The van der Waals surface area contributed by atoms with E-state index in [0.717, 1.165) is 35.2 Å². The molecule has 0 amide bonds. The largest absolute Gasteiger partial charge is 0.493 e. The van der Waals surface area contributed by atoms with Gasteiger partial charge >= 0.3 is 0 Å². The van der Waals surface area contributed by atoms with Gasteiger partial charge in [-0.15, -0.1) is 11.3 Å². The number of benzene rings is 1. The fourth-order valence-corrected chi connectivity index (χ4v) is 2.73. The van der Waals surface area contributed by atoms with E-state index in [1.807, 2.05) is 32.2 Å². The average Bonchev–Trinajstić information content (AvgIpc) is 2.85. The maximum Gasteiger partial charge on any atom is 0.161 e. The molecule has 0 aliphatic rings. The average molecular weight is 306 g/mol. The summed E-state index contributed by atoms with van der Waals surface area (Å²) in [7, 11) is 1.66. The zero-order chi connectivity index (χ0) is 15.2. The molecule has 4 nitrogen and oxygen atoms in total. The smallest absolute Gasteiger partial charge is 0.161 e. The Morgan fingerprint density at radius 3 is 2.67 bits per heavy atom. The number of rotatable bonds is 7. The van der Waals surface area contributed by atoms with Gasteiger partial charge < -0.3 is 14.8 Å². The third-order valence-corrected chi connectivity index (χ3v) is 3.78. The lowest BCUT2D eigenvalue weighted by atomic mass is 10.2. The summed E-state index contributed by atoms with van der Waals surface area (Å²) in [5.41, 5.74) is 1.16. The van der Waals surface area contributed by atoms with Crippen LogP contribution < -0.4 is 14.8 Å². The highest BCUT2D eigenvalue weighted by Crippen LogP contribution is 2.28. The van der Waals surface area contributed by atoms with Crippen LogP contribution in [0.1, 0.15) is 29.3 Å². The minimum atomic E-state index is 0.135. The molecule has 5 heteroatoms. The van der Waals surface area contributed by atoms with Crippen LogP contribution in [-0.2, 0) is 13.1 Å². The summed E-state index contributed by atoms with van der Waals surface area (Å²) in [5, 5.41) is 4.50. The fraction of sp³-hybridized carbons (Fsp3) is 0.438. The van der Waals surface area contributed by atoms with E-state index >= 15 is 0 Å². The molecule has 21 heavy (non-hydrogen) atoms. The number of aryl methyl sites for hydroxylation is 1. The van der Waals surface area contributed by atoms with Gasteiger partial charge in [-0.05, 0) is 38.5 Å². The van der Waals surface area contributed by atoms with Crippen molar-refractivity contribution in [2.75, 3.05) is 7.11 Å². The Balaban J connectivity index is 1.94. The second-order valence-electron chi connectivity index (χ2n) is 5.12. The summed E-state index contributed by atoms with van der Waals surface area (Å²) in [6.45, 7) is 7.64. The van der Waals surface area contributed by atoms with Crippen LogP contribution in [0.5, 0.6) is 11.5 Å². The highest BCUT2D eigenvalue weighted by molar-refractivity contribution is 7.11. The highest BCUT2D eigenvalue weighted by Gasteiger charge is 2.07. The lowest BCUT2D eigenvalue weighted by Gasteiger charge is -2.14. The van der Waals surface area contributed by atoms with E-state index in [9.17, 15) is 0 Å². The van der Waals surface area contributed by atoms with Gasteiger partial charge in [0.1, 0.15) is 5.01 Å². The van der Waals surface area contributed by atoms with Gasteiger partial charge in [-0.25, -0.2) is 4.98 Å². The van der Waals surface area contributed by atoms with Crippen LogP contribution in [0.15, 0.2) is 24.4 Å². The lowest BCUT2D eigenvalue weighted by Crippen LogP contribution is -2.13. The molecule has 0 unspecified atom stereocenters. The molecule has 0 saturated heterocycles. The van der Waals surface area contributed by atoms with Crippen LogP contribution >= 0.6 is 11.3 Å². The molecule has 0 aliphatic carbocycles. The van der Waals surface area contributed by atoms with E-state index in [0.29, 0.717) is 0 Å². The molecule has 1 aromatic carbocycles. The first-order valence-corrected chi connectivity index (χ1v) is 7.85. The molecule has 1 aromatic heterocycles. The maximum atomic E-state index is 5.71. The van der Waals surface area contributed by atoms with E-state index < -0.39 is 0 Å². The summed E-state index contributed by atoms with van der Waals surface area (Å²) in [6.07, 6.45) is 2.04. The second-order valence-corrected chi connectivity index (χ2v) is 6.44. The highest BCUT2D eigenvalue weighted by atomic mass is 32.1. The van der Waals surface area contributed by atoms with Crippen molar-refractivity contribution in [1.82, 2.24) is 10.3 Å². The van der Waals surface area contributed by atoms with Crippen LogP contribution in [-0.4, -0.2) is 18.2 Å². The molecule has 0 spiro atoms. The van der Waals surface area contributed by atoms with Crippen molar-refractivity contribution in [3.05, 3.63) is 39.8 Å². The van der Waals surface area contributed by atoms with Crippen molar-refractivity contribution in [1.29, 1.82) is 0 Å². The van der Waals surface area contributed by atoms with Crippen LogP contribution in [0.25, 0.3) is 0 Å². The Morgan fingerprint density at radius 1 is 1.24 bits per heavy atom.